The summed E-state index contributed by atoms with van der Waals surface area (Å²) < 4.78 is 24.6. The molecule has 0 unspecified atom stereocenters. The number of esters is 1. The average Bonchev–Trinajstić information content (AvgIpc) is 3.25. The first-order valence-electron chi connectivity index (χ1n) is 7.66. The van der Waals surface area contributed by atoms with Gasteiger partial charge in [-0.3, -0.25) is 4.79 Å². The van der Waals surface area contributed by atoms with Gasteiger partial charge in [0, 0.05) is 9.58 Å². The second kappa shape index (κ2) is 6.90. The van der Waals surface area contributed by atoms with Crippen LogP contribution in [0.3, 0.4) is 0 Å². The van der Waals surface area contributed by atoms with Gasteiger partial charge in [0.2, 0.25) is 0 Å². The molecule has 0 saturated carbocycles. The SMILES string of the molecule is O=C(Cc1cc2cc(-c3ccc(Cl)c(F)c3)ccc2s1)Oc1ncco1. The minimum Gasteiger partial charge on any atom is -0.417 e. The monoisotopic (exact) mass is 387 g/mol. The van der Waals surface area contributed by atoms with E-state index >= 15 is 0 Å². The van der Waals surface area contributed by atoms with Crippen LogP contribution in [0.2, 0.25) is 5.02 Å². The molecule has 0 aliphatic carbocycles. The molecule has 4 nitrogen and oxygen atoms in total. The Kier molecular flexibility index (Phi) is 4.44. The van der Waals surface area contributed by atoms with Crippen LogP contribution in [0.1, 0.15) is 4.88 Å². The van der Waals surface area contributed by atoms with Crippen molar-refractivity contribution >= 4 is 39.0 Å². The highest BCUT2D eigenvalue weighted by molar-refractivity contribution is 7.19. The summed E-state index contributed by atoms with van der Waals surface area (Å²) in [6, 6.07) is 12.5. The molecule has 0 aliphatic heterocycles. The first-order valence-corrected chi connectivity index (χ1v) is 8.86. The van der Waals surface area contributed by atoms with Crippen LogP contribution < -0.4 is 4.74 Å². The van der Waals surface area contributed by atoms with Gasteiger partial charge >= 0.3 is 12.0 Å². The third kappa shape index (κ3) is 3.47. The van der Waals surface area contributed by atoms with E-state index in [1.807, 2.05) is 24.3 Å². The summed E-state index contributed by atoms with van der Waals surface area (Å²) in [7, 11) is 0. The minimum absolute atomic E-state index is 0.0665. The molecular weight excluding hydrogens is 377 g/mol. The highest BCUT2D eigenvalue weighted by Gasteiger charge is 2.12. The molecule has 0 bridgehead atoms. The zero-order valence-electron chi connectivity index (χ0n) is 13.2. The third-order valence-electron chi connectivity index (χ3n) is 3.75. The maximum Gasteiger partial charge on any atom is 0.401 e. The lowest BCUT2D eigenvalue weighted by molar-refractivity contribution is -0.135. The summed E-state index contributed by atoms with van der Waals surface area (Å²) in [6.45, 7) is 0. The van der Waals surface area contributed by atoms with Crippen molar-refractivity contribution in [1.29, 1.82) is 0 Å². The van der Waals surface area contributed by atoms with Gasteiger partial charge < -0.3 is 9.15 Å². The van der Waals surface area contributed by atoms with E-state index in [-0.39, 0.29) is 17.5 Å². The van der Waals surface area contributed by atoms with Crippen molar-refractivity contribution in [2.75, 3.05) is 0 Å². The van der Waals surface area contributed by atoms with Gasteiger partial charge in [0.1, 0.15) is 12.1 Å². The van der Waals surface area contributed by atoms with E-state index in [0.717, 1.165) is 26.1 Å². The van der Waals surface area contributed by atoms with E-state index in [4.69, 9.17) is 20.8 Å². The normalized spacial score (nSPS) is 11.0. The van der Waals surface area contributed by atoms with Crippen molar-refractivity contribution < 1.29 is 18.3 Å². The quantitative estimate of drug-likeness (QED) is 0.434. The summed E-state index contributed by atoms with van der Waals surface area (Å²) in [4.78, 5) is 16.6. The summed E-state index contributed by atoms with van der Waals surface area (Å²) in [6.07, 6.45) is 2.79. The van der Waals surface area contributed by atoms with Gasteiger partial charge in [-0.1, -0.05) is 23.7 Å². The van der Waals surface area contributed by atoms with Crippen LogP contribution in [0, 0.1) is 5.82 Å². The van der Waals surface area contributed by atoms with Gasteiger partial charge in [-0.15, -0.1) is 11.3 Å². The zero-order chi connectivity index (χ0) is 18.1. The van der Waals surface area contributed by atoms with Crippen molar-refractivity contribution in [1.82, 2.24) is 4.98 Å². The highest BCUT2D eigenvalue weighted by atomic mass is 35.5. The number of benzene rings is 2. The van der Waals surface area contributed by atoms with Gasteiger partial charge in [-0.2, -0.15) is 4.98 Å². The molecule has 0 saturated heterocycles. The van der Waals surface area contributed by atoms with E-state index in [9.17, 15) is 9.18 Å². The lowest BCUT2D eigenvalue weighted by atomic mass is 10.0. The molecule has 4 aromatic rings. The molecule has 2 heterocycles. The maximum atomic E-state index is 13.7. The van der Waals surface area contributed by atoms with Crippen molar-refractivity contribution in [3.05, 3.63) is 70.6 Å². The summed E-state index contributed by atoms with van der Waals surface area (Å²) in [5.41, 5.74) is 1.62. The number of hydrogen-bond donors (Lipinski definition) is 0. The number of nitrogens with zero attached hydrogens (tertiary/aromatic N) is 1. The lowest BCUT2D eigenvalue weighted by Crippen LogP contribution is -2.10. The van der Waals surface area contributed by atoms with Crippen LogP contribution in [0.25, 0.3) is 21.2 Å². The summed E-state index contributed by atoms with van der Waals surface area (Å²) >= 11 is 7.24. The Morgan fingerprint density at radius 1 is 1.19 bits per heavy atom. The van der Waals surface area contributed by atoms with Gasteiger partial charge in [-0.25, -0.2) is 4.39 Å². The molecule has 0 amide bonds. The first kappa shape index (κ1) is 16.8. The van der Waals surface area contributed by atoms with Gasteiger partial charge in [0.05, 0.1) is 17.6 Å². The molecule has 7 heteroatoms. The number of halogens is 2. The zero-order valence-corrected chi connectivity index (χ0v) is 14.8. The van der Waals surface area contributed by atoms with Crippen LogP contribution in [-0.4, -0.2) is 11.0 Å². The molecule has 2 aromatic carbocycles. The Hall–Kier alpha value is -2.70. The largest absolute Gasteiger partial charge is 0.417 e. The predicted molar refractivity (Wildman–Crippen MR) is 98.1 cm³/mol. The smallest absolute Gasteiger partial charge is 0.401 e. The van der Waals surface area contributed by atoms with Crippen molar-refractivity contribution in [3.8, 4) is 17.2 Å². The molecule has 0 radical (unpaired) electrons. The van der Waals surface area contributed by atoms with E-state index in [1.54, 1.807) is 6.07 Å². The van der Waals surface area contributed by atoms with Gasteiger partial charge in [-0.05, 0) is 46.8 Å². The number of carbonyl (C=O) groups excluding carboxylic acids is 1. The van der Waals surface area contributed by atoms with Crippen LogP contribution >= 0.6 is 22.9 Å². The average molecular weight is 388 g/mol. The highest BCUT2D eigenvalue weighted by Crippen LogP contribution is 2.31. The fraction of sp³-hybridized carbons (Fsp3) is 0.0526. The van der Waals surface area contributed by atoms with Crippen LogP contribution in [0.15, 0.2) is 59.3 Å². The minimum atomic E-state index is -0.454. The second-order valence-corrected chi connectivity index (χ2v) is 7.12. The molecule has 0 spiro atoms. The van der Waals surface area contributed by atoms with Crippen LogP contribution in [0.4, 0.5) is 4.39 Å². The number of ether oxygens (including phenoxy) is 1. The fourth-order valence-corrected chi connectivity index (χ4v) is 3.72. The second-order valence-electron chi connectivity index (χ2n) is 5.54. The first-order chi connectivity index (χ1) is 12.6. The van der Waals surface area contributed by atoms with Crippen molar-refractivity contribution in [3.63, 3.8) is 0 Å². The molecule has 26 heavy (non-hydrogen) atoms. The molecule has 130 valence electrons. The maximum absolute atomic E-state index is 13.7. The summed E-state index contributed by atoms with van der Waals surface area (Å²) in [5, 5.41) is 1.07. The molecule has 0 atom stereocenters. The number of thiophene rings is 1. The van der Waals surface area contributed by atoms with Crippen molar-refractivity contribution in [2.24, 2.45) is 0 Å². The molecule has 0 N–H and O–H groups in total. The van der Waals surface area contributed by atoms with Gasteiger partial charge in [0.25, 0.3) is 0 Å². The van der Waals surface area contributed by atoms with Crippen LogP contribution in [-0.2, 0) is 11.2 Å². The molecular formula is C19H11ClFNO3S. The number of hydrogen-bond acceptors (Lipinski definition) is 5. The molecule has 0 fully saturated rings. The number of fused-ring (bicyclic) bond motifs is 1. The number of carbonyl (C=O) groups is 1. The van der Waals surface area contributed by atoms with E-state index < -0.39 is 11.8 Å². The van der Waals surface area contributed by atoms with E-state index in [2.05, 4.69) is 4.98 Å². The van der Waals surface area contributed by atoms with E-state index in [1.165, 1.54) is 35.9 Å². The van der Waals surface area contributed by atoms with Gasteiger partial charge in [0.15, 0.2) is 0 Å². The Bertz CT molecular complexity index is 1090. The molecule has 4 rings (SSSR count). The standard InChI is InChI=1S/C19H11ClFNO3S/c20-15-3-1-12(9-16(15)21)11-2-4-17-13(7-11)8-14(26-17)10-18(23)25-19-22-5-6-24-19/h1-9H,10H2. The fourth-order valence-electron chi connectivity index (χ4n) is 2.58. The molecule has 2 aromatic heterocycles. The topological polar surface area (TPSA) is 52.3 Å². The molecule has 0 aliphatic rings. The predicted octanol–water partition coefficient (Wildman–Crippen LogP) is 5.50. The summed E-state index contributed by atoms with van der Waals surface area (Å²) in [5.74, 6) is -0.899. The number of aromatic nitrogens is 1. The third-order valence-corrected chi connectivity index (χ3v) is 5.17. The van der Waals surface area contributed by atoms with E-state index in [0.29, 0.717) is 0 Å². The Morgan fingerprint density at radius 2 is 2.00 bits per heavy atom. The number of rotatable bonds is 4. The lowest BCUT2D eigenvalue weighted by Gasteiger charge is -2.03. The Labute approximate surface area is 156 Å². The van der Waals surface area contributed by atoms with Crippen molar-refractivity contribution in [2.45, 2.75) is 6.42 Å². The van der Waals surface area contributed by atoms with Crippen LogP contribution in [0.5, 0.6) is 6.08 Å². The number of oxazole rings is 1. The Morgan fingerprint density at radius 3 is 2.77 bits per heavy atom. The Balaban J connectivity index is 1.57.